The number of aliphatic hydroxyl groups excluding tert-OH is 1. The third-order valence-electron chi connectivity index (χ3n) is 6.35. The molecule has 0 spiro atoms. The fraction of sp³-hybridized carbons (Fsp3) is 1.00. The topological polar surface area (TPSA) is 38.7 Å². The van der Waals surface area contributed by atoms with Gasteiger partial charge in [0.1, 0.15) is 0 Å². The first-order valence-electron chi connectivity index (χ1n) is 9.39. The van der Waals surface area contributed by atoms with Crippen LogP contribution < -0.4 is 0 Å². The molecule has 0 aliphatic heterocycles. The van der Waals surface area contributed by atoms with Crippen molar-refractivity contribution in [2.75, 3.05) is 19.8 Å². The van der Waals surface area contributed by atoms with E-state index in [-0.39, 0.29) is 18.1 Å². The van der Waals surface area contributed by atoms with Crippen molar-refractivity contribution in [2.45, 2.75) is 71.5 Å². The number of alkyl halides is 2. The fourth-order valence-corrected chi connectivity index (χ4v) is 5.21. The van der Waals surface area contributed by atoms with Crippen LogP contribution in [0.2, 0.25) is 0 Å². The van der Waals surface area contributed by atoms with Gasteiger partial charge in [-0.05, 0) is 61.7 Å². The van der Waals surface area contributed by atoms with E-state index in [1.165, 1.54) is 40.0 Å². The van der Waals surface area contributed by atoms with Crippen molar-refractivity contribution in [1.82, 2.24) is 0 Å². The molecule has 4 fully saturated rings. The molecule has 24 heavy (non-hydrogen) atoms. The Morgan fingerprint density at radius 3 is 2.25 bits per heavy atom. The van der Waals surface area contributed by atoms with Gasteiger partial charge in [-0.1, -0.05) is 20.8 Å². The van der Waals surface area contributed by atoms with E-state index in [9.17, 15) is 13.9 Å². The van der Waals surface area contributed by atoms with Crippen molar-refractivity contribution in [3.8, 4) is 0 Å². The third kappa shape index (κ3) is 3.63. The maximum Gasteiger partial charge on any atom is 0.360 e. The average molecular weight is 346 g/mol. The quantitative estimate of drug-likeness (QED) is 0.701. The van der Waals surface area contributed by atoms with Crippen LogP contribution in [-0.4, -0.2) is 37.1 Å². The zero-order valence-corrected chi connectivity index (χ0v) is 15.2. The second-order valence-corrected chi connectivity index (χ2v) is 9.48. The molecule has 5 heteroatoms. The van der Waals surface area contributed by atoms with Crippen molar-refractivity contribution >= 4 is 0 Å². The van der Waals surface area contributed by atoms with Gasteiger partial charge in [0.05, 0.1) is 24.7 Å². The molecule has 0 amide bonds. The minimum Gasteiger partial charge on any atom is -0.393 e. The Bertz CT molecular complexity index is 430. The molecule has 4 bridgehead atoms. The van der Waals surface area contributed by atoms with Crippen molar-refractivity contribution in [3.63, 3.8) is 0 Å². The minimum atomic E-state index is -3.11. The molecule has 4 aliphatic carbocycles. The van der Waals surface area contributed by atoms with Gasteiger partial charge in [0.2, 0.25) is 0 Å². The predicted octanol–water partition coefficient (Wildman–Crippen LogP) is 4.24. The highest BCUT2D eigenvalue weighted by Gasteiger charge is 2.54. The van der Waals surface area contributed by atoms with Crippen molar-refractivity contribution < 1.29 is 23.4 Å². The maximum atomic E-state index is 13.7. The molecule has 2 unspecified atom stereocenters. The van der Waals surface area contributed by atoms with E-state index in [4.69, 9.17) is 9.47 Å². The summed E-state index contributed by atoms with van der Waals surface area (Å²) < 4.78 is 38.0. The fourth-order valence-electron chi connectivity index (χ4n) is 5.21. The number of halogens is 2. The van der Waals surface area contributed by atoms with Gasteiger partial charge >= 0.3 is 6.11 Å². The van der Waals surface area contributed by atoms with Gasteiger partial charge in [-0.25, -0.2) is 0 Å². The Balaban J connectivity index is 1.37. The highest BCUT2D eigenvalue weighted by molar-refractivity contribution is 5.05. The maximum absolute atomic E-state index is 13.7. The van der Waals surface area contributed by atoms with Crippen molar-refractivity contribution in [1.29, 1.82) is 0 Å². The predicted molar refractivity (Wildman–Crippen MR) is 87.8 cm³/mol. The van der Waals surface area contributed by atoms with E-state index in [1.54, 1.807) is 0 Å². The molecular weight excluding hydrogens is 314 g/mol. The zero-order chi connectivity index (χ0) is 17.6. The van der Waals surface area contributed by atoms with Gasteiger partial charge in [0.15, 0.2) is 0 Å². The minimum absolute atomic E-state index is 0.0177. The molecule has 0 aromatic carbocycles. The SMILES string of the molecule is CC(C)(C)C(F)(F)OCCCOCC12CC3CC(C1)C(O)C(C3)C2. The summed E-state index contributed by atoms with van der Waals surface area (Å²) in [5.41, 5.74) is -0.959. The van der Waals surface area contributed by atoms with E-state index < -0.39 is 11.5 Å². The lowest BCUT2D eigenvalue weighted by molar-refractivity contribution is -0.295. The van der Waals surface area contributed by atoms with Crippen LogP contribution in [0.5, 0.6) is 0 Å². The number of hydrogen-bond donors (Lipinski definition) is 1. The third-order valence-corrected chi connectivity index (χ3v) is 6.35. The Hall–Kier alpha value is -0.260. The highest BCUT2D eigenvalue weighted by atomic mass is 19.3. The van der Waals surface area contributed by atoms with Crippen molar-refractivity contribution in [3.05, 3.63) is 0 Å². The number of aliphatic hydroxyl groups is 1. The summed E-state index contributed by atoms with van der Waals surface area (Å²) in [6.45, 7) is 5.62. The molecule has 0 aromatic heterocycles. The van der Waals surface area contributed by atoms with Crippen LogP contribution >= 0.6 is 0 Å². The van der Waals surface area contributed by atoms with Gasteiger partial charge in [0, 0.05) is 6.61 Å². The number of rotatable bonds is 7. The van der Waals surface area contributed by atoms with Gasteiger partial charge in [0.25, 0.3) is 0 Å². The van der Waals surface area contributed by atoms with Crippen molar-refractivity contribution in [2.24, 2.45) is 28.6 Å². The first-order chi connectivity index (χ1) is 11.1. The zero-order valence-electron chi connectivity index (χ0n) is 15.2. The molecule has 0 radical (unpaired) electrons. The van der Waals surface area contributed by atoms with E-state index in [0.717, 1.165) is 18.8 Å². The second-order valence-electron chi connectivity index (χ2n) is 9.48. The molecule has 0 saturated heterocycles. The summed E-state index contributed by atoms with van der Waals surface area (Å²) >= 11 is 0. The summed E-state index contributed by atoms with van der Waals surface area (Å²) in [7, 11) is 0. The summed E-state index contributed by atoms with van der Waals surface area (Å²) in [5.74, 6) is 1.66. The van der Waals surface area contributed by atoms with Gasteiger partial charge in [-0.3, -0.25) is 0 Å². The lowest BCUT2D eigenvalue weighted by atomic mass is 9.49. The molecule has 1 N–H and O–H groups in total. The Morgan fingerprint density at radius 2 is 1.67 bits per heavy atom. The summed E-state index contributed by atoms with van der Waals surface area (Å²) in [5, 5.41) is 10.3. The summed E-state index contributed by atoms with van der Waals surface area (Å²) in [6, 6.07) is 0. The molecule has 0 heterocycles. The van der Waals surface area contributed by atoms with E-state index in [0.29, 0.717) is 31.5 Å². The number of ether oxygens (including phenoxy) is 2. The van der Waals surface area contributed by atoms with Crippen LogP contribution in [0.25, 0.3) is 0 Å². The van der Waals surface area contributed by atoms with Crippen LogP contribution in [-0.2, 0) is 9.47 Å². The monoisotopic (exact) mass is 346 g/mol. The van der Waals surface area contributed by atoms with E-state index in [1.807, 2.05) is 0 Å². The molecular formula is C19H32F2O3. The molecule has 4 rings (SSSR count). The lowest BCUT2D eigenvalue weighted by Crippen LogP contribution is -2.54. The summed E-state index contributed by atoms with van der Waals surface area (Å²) in [4.78, 5) is 0. The normalized spacial score (nSPS) is 38.8. The smallest absolute Gasteiger partial charge is 0.360 e. The highest BCUT2D eigenvalue weighted by Crippen LogP contribution is 2.60. The van der Waals surface area contributed by atoms with Crippen LogP contribution in [0.1, 0.15) is 59.3 Å². The van der Waals surface area contributed by atoms with Gasteiger partial charge < -0.3 is 14.6 Å². The van der Waals surface area contributed by atoms with Crippen LogP contribution in [0, 0.1) is 28.6 Å². The molecule has 0 aromatic rings. The Kier molecular flexibility index (Phi) is 5.00. The Morgan fingerprint density at radius 1 is 1.04 bits per heavy atom. The van der Waals surface area contributed by atoms with E-state index in [2.05, 4.69) is 0 Å². The molecule has 3 nitrogen and oxygen atoms in total. The first kappa shape index (κ1) is 18.5. The second kappa shape index (κ2) is 6.48. The first-order valence-corrected chi connectivity index (χ1v) is 9.39. The lowest BCUT2D eigenvalue weighted by Gasteiger charge is -2.58. The molecule has 140 valence electrons. The van der Waals surface area contributed by atoms with Gasteiger partial charge in [-0.15, -0.1) is 0 Å². The molecule has 4 saturated carbocycles. The largest absolute Gasteiger partial charge is 0.393 e. The standard InChI is InChI=1S/C19H32F2O3/c1-17(2,3)19(20,21)24-6-4-5-23-12-18-9-13-7-14(10-18)16(22)15(8-13)11-18/h13-16,22H,4-12H2,1-3H3. The van der Waals surface area contributed by atoms with E-state index >= 15 is 0 Å². The van der Waals surface area contributed by atoms with Crippen LogP contribution in [0.4, 0.5) is 8.78 Å². The molecule has 4 aliphatic rings. The van der Waals surface area contributed by atoms with Crippen LogP contribution in [0.15, 0.2) is 0 Å². The summed E-state index contributed by atoms with van der Waals surface area (Å²) in [6.07, 6.45) is 2.97. The number of hydrogen-bond acceptors (Lipinski definition) is 3. The molecule has 2 atom stereocenters. The van der Waals surface area contributed by atoms with Gasteiger partial charge in [-0.2, -0.15) is 8.78 Å². The Labute approximate surface area is 144 Å². The van der Waals surface area contributed by atoms with Crippen LogP contribution in [0.3, 0.4) is 0 Å². The average Bonchev–Trinajstić information content (AvgIpc) is 2.46.